The SMILES string of the molecule is CC(=O)N1CCN(C(=O)C23CC4CC(C)(CC(C)(C4)C2)C3)CC1. The number of carbonyl (C=O) groups is 2. The van der Waals surface area contributed by atoms with Gasteiger partial charge in [-0.25, -0.2) is 0 Å². The summed E-state index contributed by atoms with van der Waals surface area (Å²) in [5.74, 6) is 1.29. The molecule has 5 fully saturated rings. The summed E-state index contributed by atoms with van der Waals surface area (Å²) in [4.78, 5) is 28.9. The molecular weight excluding hydrogens is 288 g/mol. The van der Waals surface area contributed by atoms with E-state index in [-0.39, 0.29) is 11.3 Å². The summed E-state index contributed by atoms with van der Waals surface area (Å²) in [6.07, 6.45) is 7.27. The number of hydrogen-bond acceptors (Lipinski definition) is 2. The molecular formula is C19H30N2O2. The van der Waals surface area contributed by atoms with E-state index < -0.39 is 0 Å². The van der Waals surface area contributed by atoms with Crippen LogP contribution in [0.3, 0.4) is 0 Å². The molecule has 0 spiro atoms. The fraction of sp³-hybridized carbons (Fsp3) is 0.895. The Hall–Kier alpha value is -1.06. The van der Waals surface area contributed by atoms with E-state index in [1.165, 1.54) is 19.3 Å². The van der Waals surface area contributed by atoms with Gasteiger partial charge < -0.3 is 9.80 Å². The Morgan fingerprint density at radius 1 is 0.826 bits per heavy atom. The molecule has 23 heavy (non-hydrogen) atoms. The molecule has 0 aromatic carbocycles. The number of piperazine rings is 1. The van der Waals surface area contributed by atoms with E-state index in [1.54, 1.807) is 6.92 Å². The Bertz CT molecular complexity index is 532. The van der Waals surface area contributed by atoms with E-state index in [4.69, 9.17) is 0 Å². The van der Waals surface area contributed by atoms with Gasteiger partial charge in [0.25, 0.3) is 0 Å². The van der Waals surface area contributed by atoms with Gasteiger partial charge in [-0.2, -0.15) is 0 Å². The molecule has 4 saturated carbocycles. The number of amides is 2. The van der Waals surface area contributed by atoms with E-state index in [1.807, 2.05) is 4.90 Å². The van der Waals surface area contributed by atoms with Gasteiger partial charge in [-0.3, -0.25) is 9.59 Å². The van der Waals surface area contributed by atoms with Crippen molar-refractivity contribution in [3.05, 3.63) is 0 Å². The lowest BCUT2D eigenvalue weighted by atomic mass is 9.40. The van der Waals surface area contributed by atoms with Crippen LogP contribution in [0.2, 0.25) is 0 Å². The molecule has 5 aliphatic rings. The molecule has 0 N–H and O–H groups in total. The molecule has 4 aliphatic carbocycles. The number of hydrogen-bond donors (Lipinski definition) is 0. The molecule has 128 valence electrons. The normalized spacial score (nSPS) is 45.4. The number of carbonyl (C=O) groups excluding carboxylic acids is 2. The van der Waals surface area contributed by atoms with Crippen LogP contribution in [0.1, 0.15) is 59.3 Å². The molecule has 1 aliphatic heterocycles. The number of rotatable bonds is 1. The van der Waals surface area contributed by atoms with Crippen LogP contribution in [0.5, 0.6) is 0 Å². The average molecular weight is 318 g/mol. The summed E-state index contributed by atoms with van der Waals surface area (Å²) in [5.41, 5.74) is 0.664. The van der Waals surface area contributed by atoms with Crippen molar-refractivity contribution >= 4 is 11.8 Å². The smallest absolute Gasteiger partial charge is 0.228 e. The van der Waals surface area contributed by atoms with Crippen molar-refractivity contribution in [2.75, 3.05) is 26.2 Å². The first-order valence-corrected chi connectivity index (χ1v) is 9.28. The van der Waals surface area contributed by atoms with Crippen molar-refractivity contribution < 1.29 is 9.59 Å². The monoisotopic (exact) mass is 318 g/mol. The molecule has 1 heterocycles. The second kappa shape index (κ2) is 4.73. The third-order valence-corrected chi connectivity index (χ3v) is 7.09. The van der Waals surface area contributed by atoms with Crippen LogP contribution >= 0.6 is 0 Å². The van der Waals surface area contributed by atoms with E-state index in [0.29, 0.717) is 29.8 Å². The van der Waals surface area contributed by atoms with Crippen molar-refractivity contribution in [2.24, 2.45) is 22.2 Å². The Kier molecular flexibility index (Phi) is 3.18. The van der Waals surface area contributed by atoms with Crippen LogP contribution in [0.25, 0.3) is 0 Å². The molecule has 2 atom stereocenters. The summed E-state index contributed by atoms with van der Waals surface area (Å²) in [5, 5.41) is 0. The van der Waals surface area contributed by atoms with E-state index in [2.05, 4.69) is 18.7 Å². The second-order valence-corrected chi connectivity index (χ2v) is 9.71. The van der Waals surface area contributed by atoms with Gasteiger partial charge in [-0.15, -0.1) is 0 Å². The second-order valence-electron chi connectivity index (χ2n) is 9.71. The van der Waals surface area contributed by atoms with Crippen LogP contribution in [0.4, 0.5) is 0 Å². The fourth-order valence-corrected chi connectivity index (χ4v) is 7.25. The summed E-state index contributed by atoms with van der Waals surface area (Å²) in [7, 11) is 0. The van der Waals surface area contributed by atoms with Gasteiger partial charge in [-0.05, 0) is 55.3 Å². The quantitative estimate of drug-likeness (QED) is 0.746. The zero-order chi connectivity index (χ0) is 16.5. The maximum absolute atomic E-state index is 13.4. The zero-order valence-electron chi connectivity index (χ0n) is 14.9. The highest BCUT2D eigenvalue weighted by atomic mass is 16.2. The van der Waals surface area contributed by atoms with Crippen LogP contribution in [0.15, 0.2) is 0 Å². The lowest BCUT2D eigenvalue weighted by Crippen LogP contribution is -2.62. The molecule has 4 bridgehead atoms. The van der Waals surface area contributed by atoms with Crippen molar-refractivity contribution in [1.82, 2.24) is 9.80 Å². The largest absolute Gasteiger partial charge is 0.339 e. The van der Waals surface area contributed by atoms with E-state index in [9.17, 15) is 9.59 Å². The Labute approximate surface area is 139 Å². The van der Waals surface area contributed by atoms with Gasteiger partial charge in [0.2, 0.25) is 11.8 Å². The molecule has 0 aromatic rings. The predicted molar refractivity (Wildman–Crippen MR) is 88.7 cm³/mol. The minimum atomic E-state index is -0.0959. The summed E-state index contributed by atoms with van der Waals surface area (Å²) >= 11 is 0. The van der Waals surface area contributed by atoms with Crippen LogP contribution in [0, 0.1) is 22.2 Å². The summed E-state index contributed by atoms with van der Waals surface area (Å²) < 4.78 is 0. The molecule has 5 rings (SSSR count). The van der Waals surface area contributed by atoms with Crippen molar-refractivity contribution in [3.63, 3.8) is 0 Å². The van der Waals surface area contributed by atoms with Gasteiger partial charge in [0.15, 0.2) is 0 Å². The highest BCUT2D eigenvalue weighted by Crippen LogP contribution is 2.69. The minimum Gasteiger partial charge on any atom is -0.339 e. The Balaban J connectivity index is 1.54. The molecule has 4 nitrogen and oxygen atoms in total. The van der Waals surface area contributed by atoms with Gasteiger partial charge in [-0.1, -0.05) is 13.8 Å². The molecule has 4 heteroatoms. The summed E-state index contributed by atoms with van der Waals surface area (Å²) in [6, 6.07) is 0. The summed E-state index contributed by atoms with van der Waals surface area (Å²) in [6.45, 7) is 9.32. The molecule has 2 unspecified atom stereocenters. The molecule has 0 aromatic heterocycles. The predicted octanol–water partition coefficient (Wildman–Crippen LogP) is 2.67. The highest BCUT2D eigenvalue weighted by molar-refractivity contribution is 5.84. The topological polar surface area (TPSA) is 40.6 Å². The maximum atomic E-state index is 13.4. The van der Waals surface area contributed by atoms with E-state index >= 15 is 0 Å². The van der Waals surface area contributed by atoms with Crippen LogP contribution in [-0.2, 0) is 9.59 Å². The first kappa shape index (κ1) is 15.5. The first-order valence-electron chi connectivity index (χ1n) is 9.28. The Morgan fingerprint density at radius 2 is 1.35 bits per heavy atom. The lowest BCUT2D eigenvalue weighted by molar-refractivity contribution is -0.181. The van der Waals surface area contributed by atoms with Gasteiger partial charge in [0.1, 0.15) is 0 Å². The van der Waals surface area contributed by atoms with Gasteiger partial charge >= 0.3 is 0 Å². The maximum Gasteiger partial charge on any atom is 0.228 e. The highest BCUT2D eigenvalue weighted by Gasteiger charge is 2.63. The van der Waals surface area contributed by atoms with Crippen molar-refractivity contribution in [2.45, 2.75) is 59.3 Å². The molecule has 2 amide bonds. The first-order chi connectivity index (χ1) is 10.7. The van der Waals surface area contributed by atoms with Crippen LogP contribution in [-0.4, -0.2) is 47.8 Å². The zero-order valence-corrected chi connectivity index (χ0v) is 14.9. The van der Waals surface area contributed by atoms with Crippen LogP contribution < -0.4 is 0 Å². The molecule has 1 saturated heterocycles. The van der Waals surface area contributed by atoms with Crippen molar-refractivity contribution in [1.29, 1.82) is 0 Å². The standard InChI is InChI=1S/C19H30N2O2/c1-14(22)20-4-6-21(7-5-20)16(23)19-10-15-8-17(2,12-19)11-18(3,9-15)13-19/h15H,4-13H2,1-3H3. The Morgan fingerprint density at radius 3 is 1.83 bits per heavy atom. The third kappa shape index (κ3) is 2.40. The van der Waals surface area contributed by atoms with Gasteiger partial charge in [0, 0.05) is 33.1 Å². The minimum absolute atomic E-state index is 0.0959. The van der Waals surface area contributed by atoms with Crippen molar-refractivity contribution in [3.8, 4) is 0 Å². The average Bonchev–Trinajstić information content (AvgIpc) is 2.42. The van der Waals surface area contributed by atoms with E-state index in [0.717, 1.165) is 38.3 Å². The van der Waals surface area contributed by atoms with Gasteiger partial charge in [0.05, 0.1) is 5.41 Å². The molecule has 0 radical (unpaired) electrons. The lowest BCUT2D eigenvalue weighted by Gasteiger charge is -2.65. The number of nitrogens with zero attached hydrogens (tertiary/aromatic N) is 2. The third-order valence-electron chi connectivity index (χ3n) is 7.09. The fourth-order valence-electron chi connectivity index (χ4n) is 7.25.